The zero-order valence-corrected chi connectivity index (χ0v) is 10.4. The normalized spacial score (nSPS) is 21.4. The Morgan fingerprint density at radius 2 is 2.29 bits per heavy atom. The molecule has 3 nitrogen and oxygen atoms in total. The predicted molar refractivity (Wildman–Crippen MR) is 68.3 cm³/mol. The molecule has 94 valence electrons. The monoisotopic (exact) mass is 235 g/mol. The van der Waals surface area contributed by atoms with E-state index >= 15 is 0 Å². The highest BCUT2D eigenvalue weighted by molar-refractivity contribution is 5.33. The lowest BCUT2D eigenvalue weighted by atomic mass is 10.0. The van der Waals surface area contributed by atoms with Gasteiger partial charge in [0.15, 0.2) is 0 Å². The average Bonchev–Trinajstić information content (AvgIpc) is 2.90. The third-order valence-electron chi connectivity index (χ3n) is 3.46. The predicted octanol–water partition coefficient (Wildman–Crippen LogP) is 1.74. The van der Waals surface area contributed by atoms with Crippen molar-refractivity contribution in [1.82, 2.24) is 5.32 Å². The Morgan fingerprint density at radius 3 is 3.00 bits per heavy atom. The highest BCUT2D eigenvalue weighted by Gasteiger charge is 2.22. The maximum atomic E-state index is 10.1. The fraction of sp³-hybridized carbons (Fsp3) is 0.571. The molecule has 2 atom stereocenters. The molecule has 0 bridgehead atoms. The number of aryl methyl sites for hydroxylation is 1. The van der Waals surface area contributed by atoms with Gasteiger partial charge in [-0.05, 0) is 43.9 Å². The number of hydrogen-bond acceptors (Lipinski definition) is 3. The molecule has 0 radical (unpaired) electrons. The van der Waals surface area contributed by atoms with E-state index in [-0.39, 0.29) is 12.1 Å². The Balaban J connectivity index is 1.88. The summed E-state index contributed by atoms with van der Waals surface area (Å²) in [6.45, 7) is 1.04. The topological polar surface area (TPSA) is 41.5 Å². The van der Waals surface area contributed by atoms with Crippen molar-refractivity contribution in [2.45, 2.75) is 37.8 Å². The fourth-order valence-corrected chi connectivity index (χ4v) is 2.45. The van der Waals surface area contributed by atoms with Gasteiger partial charge in [0.05, 0.1) is 13.2 Å². The Hall–Kier alpha value is -1.06. The minimum atomic E-state index is -0.248. The summed E-state index contributed by atoms with van der Waals surface area (Å²) in [5.41, 5.74) is 1.17. The standard InChI is InChI=1S/C14H21NO2/c1-17-14-7-3-2-5-11(14)8-9-13(16)12-6-4-10-15-12/h2-3,5,7,12-13,15-16H,4,6,8-10H2,1H3. The first-order valence-electron chi connectivity index (χ1n) is 6.34. The number of rotatable bonds is 5. The molecule has 1 heterocycles. The zero-order valence-electron chi connectivity index (χ0n) is 10.4. The molecule has 2 unspecified atom stereocenters. The smallest absolute Gasteiger partial charge is 0.122 e. The van der Waals surface area contributed by atoms with Crippen LogP contribution in [-0.4, -0.2) is 30.9 Å². The van der Waals surface area contributed by atoms with Crippen LogP contribution in [0.2, 0.25) is 0 Å². The Bertz CT molecular complexity index is 348. The first kappa shape index (κ1) is 12.4. The molecule has 0 aliphatic carbocycles. The molecule has 1 aliphatic heterocycles. The van der Waals surface area contributed by atoms with E-state index in [9.17, 15) is 5.11 Å². The van der Waals surface area contributed by atoms with Gasteiger partial charge in [-0.15, -0.1) is 0 Å². The lowest BCUT2D eigenvalue weighted by Crippen LogP contribution is -2.34. The number of methoxy groups -OCH3 is 1. The minimum Gasteiger partial charge on any atom is -0.496 e. The van der Waals surface area contributed by atoms with E-state index in [1.54, 1.807) is 7.11 Å². The third-order valence-corrected chi connectivity index (χ3v) is 3.46. The number of ether oxygens (including phenoxy) is 1. The van der Waals surface area contributed by atoms with E-state index in [0.717, 1.165) is 31.6 Å². The molecule has 3 heteroatoms. The third kappa shape index (κ3) is 3.20. The second kappa shape index (κ2) is 6.03. The van der Waals surface area contributed by atoms with Gasteiger partial charge in [0.25, 0.3) is 0 Å². The summed E-state index contributed by atoms with van der Waals surface area (Å²) in [5.74, 6) is 0.916. The molecule has 0 amide bonds. The van der Waals surface area contributed by atoms with E-state index in [1.807, 2.05) is 18.2 Å². The molecule has 1 fully saturated rings. The number of benzene rings is 1. The van der Waals surface area contributed by atoms with Crippen molar-refractivity contribution in [1.29, 1.82) is 0 Å². The summed E-state index contributed by atoms with van der Waals surface area (Å²) in [7, 11) is 1.69. The van der Waals surface area contributed by atoms with Crippen LogP contribution in [0.1, 0.15) is 24.8 Å². The molecule has 1 saturated heterocycles. The maximum Gasteiger partial charge on any atom is 0.122 e. The average molecular weight is 235 g/mol. The van der Waals surface area contributed by atoms with Crippen molar-refractivity contribution in [3.63, 3.8) is 0 Å². The SMILES string of the molecule is COc1ccccc1CCC(O)C1CCCN1. The molecule has 17 heavy (non-hydrogen) atoms. The Kier molecular flexibility index (Phi) is 4.40. The zero-order chi connectivity index (χ0) is 12.1. The van der Waals surface area contributed by atoms with Crippen molar-refractivity contribution in [3.05, 3.63) is 29.8 Å². The van der Waals surface area contributed by atoms with Crippen molar-refractivity contribution < 1.29 is 9.84 Å². The van der Waals surface area contributed by atoms with E-state index in [0.29, 0.717) is 0 Å². The van der Waals surface area contributed by atoms with Gasteiger partial charge in [0.2, 0.25) is 0 Å². The Labute approximate surface area is 103 Å². The van der Waals surface area contributed by atoms with E-state index in [4.69, 9.17) is 4.74 Å². The van der Waals surface area contributed by atoms with Crippen LogP contribution in [0, 0.1) is 0 Å². The summed E-state index contributed by atoms with van der Waals surface area (Å²) in [4.78, 5) is 0. The quantitative estimate of drug-likeness (QED) is 0.817. The van der Waals surface area contributed by atoms with Crippen LogP contribution in [0.15, 0.2) is 24.3 Å². The van der Waals surface area contributed by atoms with Crippen LogP contribution >= 0.6 is 0 Å². The van der Waals surface area contributed by atoms with Crippen molar-refractivity contribution in [2.24, 2.45) is 0 Å². The number of para-hydroxylation sites is 1. The van der Waals surface area contributed by atoms with Crippen LogP contribution < -0.4 is 10.1 Å². The van der Waals surface area contributed by atoms with Crippen LogP contribution in [0.3, 0.4) is 0 Å². The Morgan fingerprint density at radius 1 is 1.47 bits per heavy atom. The second-order valence-electron chi connectivity index (χ2n) is 4.62. The summed E-state index contributed by atoms with van der Waals surface area (Å²) in [6.07, 6.45) is 3.67. The molecule has 2 rings (SSSR count). The largest absolute Gasteiger partial charge is 0.496 e. The highest BCUT2D eigenvalue weighted by atomic mass is 16.5. The van der Waals surface area contributed by atoms with Gasteiger partial charge < -0.3 is 15.2 Å². The summed E-state index contributed by atoms with van der Waals surface area (Å²) >= 11 is 0. The molecule has 2 N–H and O–H groups in total. The van der Waals surface area contributed by atoms with Gasteiger partial charge in [-0.3, -0.25) is 0 Å². The van der Waals surface area contributed by atoms with Crippen LogP contribution in [0.5, 0.6) is 5.75 Å². The van der Waals surface area contributed by atoms with E-state index in [2.05, 4.69) is 11.4 Å². The second-order valence-corrected chi connectivity index (χ2v) is 4.62. The number of aliphatic hydroxyl groups is 1. The van der Waals surface area contributed by atoms with Crippen LogP contribution in [0.25, 0.3) is 0 Å². The number of nitrogens with one attached hydrogen (secondary N) is 1. The van der Waals surface area contributed by atoms with Gasteiger partial charge >= 0.3 is 0 Å². The van der Waals surface area contributed by atoms with Gasteiger partial charge in [-0.2, -0.15) is 0 Å². The van der Waals surface area contributed by atoms with Crippen molar-refractivity contribution in [2.75, 3.05) is 13.7 Å². The van der Waals surface area contributed by atoms with Gasteiger partial charge in [0.1, 0.15) is 5.75 Å². The van der Waals surface area contributed by atoms with Crippen LogP contribution in [-0.2, 0) is 6.42 Å². The van der Waals surface area contributed by atoms with Gasteiger partial charge in [-0.25, -0.2) is 0 Å². The molecule has 0 aromatic heterocycles. The maximum absolute atomic E-state index is 10.1. The lowest BCUT2D eigenvalue weighted by molar-refractivity contribution is 0.126. The number of aliphatic hydroxyl groups excluding tert-OH is 1. The van der Waals surface area contributed by atoms with Crippen molar-refractivity contribution >= 4 is 0 Å². The fourth-order valence-electron chi connectivity index (χ4n) is 2.45. The molecular formula is C14H21NO2. The molecule has 0 spiro atoms. The van der Waals surface area contributed by atoms with Gasteiger partial charge in [0, 0.05) is 6.04 Å². The minimum absolute atomic E-state index is 0.248. The molecular weight excluding hydrogens is 214 g/mol. The first-order chi connectivity index (χ1) is 8.31. The lowest BCUT2D eigenvalue weighted by Gasteiger charge is -2.18. The number of hydrogen-bond donors (Lipinski definition) is 2. The molecule has 0 saturated carbocycles. The molecule has 1 aliphatic rings. The molecule has 1 aromatic rings. The highest BCUT2D eigenvalue weighted by Crippen LogP contribution is 2.21. The van der Waals surface area contributed by atoms with Crippen molar-refractivity contribution in [3.8, 4) is 5.75 Å². The van der Waals surface area contributed by atoms with Gasteiger partial charge in [-0.1, -0.05) is 18.2 Å². The molecule has 1 aromatic carbocycles. The van der Waals surface area contributed by atoms with Crippen LogP contribution in [0.4, 0.5) is 0 Å². The van der Waals surface area contributed by atoms with E-state index in [1.165, 1.54) is 12.0 Å². The summed E-state index contributed by atoms with van der Waals surface area (Å²) in [5, 5.41) is 13.4. The summed E-state index contributed by atoms with van der Waals surface area (Å²) in [6, 6.07) is 8.29. The summed E-state index contributed by atoms with van der Waals surface area (Å²) < 4.78 is 5.31. The first-order valence-corrected chi connectivity index (χ1v) is 6.34. The van der Waals surface area contributed by atoms with E-state index < -0.39 is 0 Å².